The number of nitrogens with two attached hydrogens (primary N) is 1. The highest BCUT2D eigenvalue weighted by Gasteiger charge is 2.39. The average molecular weight is 363 g/mol. The molecule has 1 fully saturated rings. The fourth-order valence-electron chi connectivity index (χ4n) is 3.89. The molecule has 0 bridgehead atoms. The molecular weight excluding hydrogens is 332 g/mol. The molecule has 0 unspecified atom stereocenters. The second kappa shape index (κ2) is 7.45. The summed E-state index contributed by atoms with van der Waals surface area (Å²) < 4.78 is 2.38. The molecule has 0 radical (unpaired) electrons. The van der Waals surface area contributed by atoms with Gasteiger partial charge >= 0.3 is 0 Å². The molecule has 0 amide bonds. The minimum Gasteiger partial charge on any atom is -0.324 e. The van der Waals surface area contributed by atoms with E-state index in [0.29, 0.717) is 0 Å². The third kappa shape index (κ3) is 3.64. The van der Waals surface area contributed by atoms with Crippen LogP contribution >= 0.6 is 0 Å². The molecule has 0 saturated heterocycles. The summed E-state index contributed by atoms with van der Waals surface area (Å²) in [5, 5.41) is 0. The van der Waals surface area contributed by atoms with Crippen LogP contribution in [0.25, 0.3) is 22.4 Å². The van der Waals surface area contributed by atoms with Crippen LogP contribution in [-0.2, 0) is 12.1 Å². The zero-order valence-electron chi connectivity index (χ0n) is 16.5. The minimum atomic E-state index is -0.0809. The second-order valence-corrected chi connectivity index (χ2v) is 7.69. The molecule has 1 aliphatic rings. The van der Waals surface area contributed by atoms with Crippen molar-refractivity contribution in [2.75, 3.05) is 19.6 Å². The van der Waals surface area contributed by atoms with Crippen LogP contribution in [0.3, 0.4) is 0 Å². The van der Waals surface area contributed by atoms with Gasteiger partial charge in [0.05, 0.1) is 11.0 Å². The van der Waals surface area contributed by atoms with Crippen LogP contribution in [0.1, 0.15) is 38.7 Å². The highest BCUT2D eigenvalue weighted by molar-refractivity contribution is 5.80. The van der Waals surface area contributed by atoms with Crippen molar-refractivity contribution in [1.29, 1.82) is 0 Å². The number of hydrogen-bond donors (Lipinski definition) is 1. The SMILES string of the molecule is CCN(CC)CCCn1c(-c2ccc(C3(N)CC3)cc2)nc2ccccc21. The van der Waals surface area contributed by atoms with Crippen LogP contribution < -0.4 is 5.73 Å². The van der Waals surface area contributed by atoms with Crippen LogP contribution in [0.15, 0.2) is 48.5 Å². The lowest BCUT2D eigenvalue weighted by Crippen LogP contribution is -2.24. The first-order chi connectivity index (χ1) is 13.1. The van der Waals surface area contributed by atoms with Crippen LogP contribution in [0.2, 0.25) is 0 Å². The number of aromatic nitrogens is 2. The van der Waals surface area contributed by atoms with E-state index in [1.807, 2.05) is 0 Å². The van der Waals surface area contributed by atoms with E-state index >= 15 is 0 Å². The van der Waals surface area contributed by atoms with Crippen LogP contribution in [0.5, 0.6) is 0 Å². The maximum atomic E-state index is 6.34. The number of hydrogen-bond acceptors (Lipinski definition) is 3. The number of rotatable bonds is 8. The van der Waals surface area contributed by atoms with Crippen molar-refractivity contribution in [3.63, 3.8) is 0 Å². The molecule has 27 heavy (non-hydrogen) atoms. The highest BCUT2D eigenvalue weighted by Crippen LogP contribution is 2.43. The quantitative estimate of drug-likeness (QED) is 0.647. The molecule has 2 N–H and O–H groups in total. The van der Waals surface area contributed by atoms with Crippen LogP contribution in [0, 0.1) is 0 Å². The van der Waals surface area contributed by atoms with E-state index in [1.54, 1.807) is 0 Å². The maximum Gasteiger partial charge on any atom is 0.141 e. The van der Waals surface area contributed by atoms with E-state index in [-0.39, 0.29) is 5.54 Å². The van der Waals surface area contributed by atoms with Gasteiger partial charge < -0.3 is 15.2 Å². The van der Waals surface area contributed by atoms with Gasteiger partial charge in [0, 0.05) is 17.6 Å². The Bertz CT molecular complexity index is 902. The second-order valence-electron chi connectivity index (χ2n) is 7.69. The Hall–Kier alpha value is -2.17. The standard InChI is InChI=1S/C23H30N4/c1-3-26(4-2)16-7-17-27-21-9-6-5-8-20(21)25-22(27)18-10-12-19(13-11-18)23(24)14-15-23/h5-6,8-13H,3-4,7,14-17,24H2,1-2H3. The molecule has 1 aliphatic carbocycles. The zero-order valence-corrected chi connectivity index (χ0v) is 16.5. The van der Waals surface area contributed by atoms with Crippen LogP contribution in [-0.4, -0.2) is 34.1 Å². The molecule has 1 aromatic heterocycles. The molecule has 1 heterocycles. The van der Waals surface area contributed by atoms with Gasteiger partial charge in [0.1, 0.15) is 5.82 Å². The summed E-state index contributed by atoms with van der Waals surface area (Å²) in [6.45, 7) is 8.77. The summed E-state index contributed by atoms with van der Waals surface area (Å²) >= 11 is 0. The summed E-state index contributed by atoms with van der Waals surface area (Å²) in [5.41, 5.74) is 11.0. The number of imidazole rings is 1. The van der Waals surface area contributed by atoms with Crippen molar-refractivity contribution in [3.05, 3.63) is 54.1 Å². The normalized spacial score (nSPS) is 15.6. The molecule has 2 aromatic carbocycles. The molecule has 4 rings (SSSR count). The van der Waals surface area contributed by atoms with E-state index in [0.717, 1.165) is 56.8 Å². The lowest BCUT2D eigenvalue weighted by atomic mass is 10.0. The molecular formula is C23H30N4. The Morgan fingerprint density at radius 2 is 1.74 bits per heavy atom. The van der Waals surface area contributed by atoms with Crippen molar-refractivity contribution in [1.82, 2.24) is 14.5 Å². The summed E-state index contributed by atoms with van der Waals surface area (Å²) in [6.07, 6.45) is 3.31. The number of para-hydroxylation sites is 2. The summed E-state index contributed by atoms with van der Waals surface area (Å²) in [6, 6.07) is 17.2. The summed E-state index contributed by atoms with van der Waals surface area (Å²) in [5.74, 6) is 1.06. The first-order valence-corrected chi connectivity index (χ1v) is 10.2. The monoisotopic (exact) mass is 362 g/mol. The Labute approximate surface area is 162 Å². The topological polar surface area (TPSA) is 47.1 Å². The smallest absolute Gasteiger partial charge is 0.141 e. The van der Waals surface area contributed by atoms with Crippen molar-refractivity contribution in [3.8, 4) is 11.4 Å². The Morgan fingerprint density at radius 1 is 1.04 bits per heavy atom. The number of fused-ring (bicyclic) bond motifs is 1. The van der Waals surface area contributed by atoms with Gasteiger partial charge in [-0.05, 0) is 56.6 Å². The molecule has 0 aliphatic heterocycles. The first kappa shape index (κ1) is 18.2. The van der Waals surface area contributed by atoms with E-state index in [4.69, 9.17) is 10.7 Å². The predicted molar refractivity (Wildman–Crippen MR) is 113 cm³/mol. The van der Waals surface area contributed by atoms with E-state index < -0.39 is 0 Å². The Balaban J connectivity index is 1.63. The third-order valence-electron chi connectivity index (χ3n) is 5.91. The molecule has 3 aromatic rings. The van der Waals surface area contributed by atoms with Crippen molar-refractivity contribution < 1.29 is 0 Å². The minimum absolute atomic E-state index is 0.0809. The average Bonchev–Trinajstić information content (AvgIpc) is 3.35. The van der Waals surface area contributed by atoms with Gasteiger partial charge in [0.15, 0.2) is 0 Å². The molecule has 142 valence electrons. The van der Waals surface area contributed by atoms with Gasteiger partial charge in [-0.15, -0.1) is 0 Å². The van der Waals surface area contributed by atoms with Crippen molar-refractivity contribution in [2.45, 2.75) is 45.2 Å². The Kier molecular flexibility index (Phi) is 5.02. The van der Waals surface area contributed by atoms with Gasteiger partial charge in [0.25, 0.3) is 0 Å². The molecule has 4 heteroatoms. The van der Waals surface area contributed by atoms with E-state index in [1.165, 1.54) is 16.6 Å². The van der Waals surface area contributed by atoms with Crippen molar-refractivity contribution in [2.24, 2.45) is 5.73 Å². The fraction of sp³-hybridized carbons (Fsp3) is 0.435. The van der Waals surface area contributed by atoms with Gasteiger partial charge in [-0.25, -0.2) is 4.98 Å². The van der Waals surface area contributed by atoms with Crippen LogP contribution in [0.4, 0.5) is 0 Å². The summed E-state index contributed by atoms with van der Waals surface area (Å²) in [7, 11) is 0. The van der Waals surface area contributed by atoms with Gasteiger partial charge in [-0.2, -0.15) is 0 Å². The van der Waals surface area contributed by atoms with Crippen molar-refractivity contribution >= 4 is 11.0 Å². The van der Waals surface area contributed by atoms with Gasteiger partial charge in [0.2, 0.25) is 0 Å². The summed E-state index contributed by atoms with van der Waals surface area (Å²) in [4.78, 5) is 7.42. The lowest BCUT2D eigenvalue weighted by Gasteiger charge is -2.18. The molecule has 0 atom stereocenters. The lowest BCUT2D eigenvalue weighted by molar-refractivity contribution is 0.294. The van der Waals surface area contributed by atoms with E-state index in [2.05, 4.69) is 71.8 Å². The molecule has 4 nitrogen and oxygen atoms in total. The first-order valence-electron chi connectivity index (χ1n) is 10.2. The molecule has 1 saturated carbocycles. The third-order valence-corrected chi connectivity index (χ3v) is 5.91. The number of nitrogens with zero attached hydrogens (tertiary/aromatic N) is 3. The number of aryl methyl sites for hydroxylation is 1. The zero-order chi connectivity index (χ0) is 18.9. The van der Waals surface area contributed by atoms with E-state index in [9.17, 15) is 0 Å². The maximum absolute atomic E-state index is 6.34. The van der Waals surface area contributed by atoms with Gasteiger partial charge in [-0.3, -0.25) is 0 Å². The molecule has 0 spiro atoms. The van der Waals surface area contributed by atoms with Gasteiger partial charge in [-0.1, -0.05) is 50.2 Å². The Morgan fingerprint density at radius 3 is 2.41 bits per heavy atom. The predicted octanol–water partition coefficient (Wildman–Crippen LogP) is 4.38. The highest BCUT2D eigenvalue weighted by atomic mass is 15.1. The largest absolute Gasteiger partial charge is 0.324 e. The fourth-order valence-corrected chi connectivity index (χ4v) is 3.89. The number of benzene rings is 2.